The van der Waals surface area contributed by atoms with Crippen LogP contribution < -0.4 is 26.1 Å². The van der Waals surface area contributed by atoms with Crippen LogP contribution in [0.1, 0.15) is 91.1 Å². The standard InChI is InChI=1S/C52H70N6O15P2/c1-25(2)22-58-19-17-52(18-20-58)55-39-36-37-43(63)31(8)47-38(36)48(65)51(10,73-47)70-21-16-33(69-12)28(5)46(71-32(9)59)30(7)42(62)29(6)45(72-35(61)24-57(11)23-34(60)53-50(74-67)75-68)26(3)14-13-15-27(4)49(66)54-41(44(37)64)40(39)56-52/h13-16,21,25-26,28-30,33,42,45-46,50,55,62-64H,17-20,22-24H2,1-12H3,(H,53,60)/b14-13+,21-16+,27-15-,54-41?/t26-,28+,29-,30+,33-,42+,45-,46+,51-/m0/s1. The molecule has 2 aromatic rings. The van der Waals surface area contributed by atoms with Crippen LogP contribution in [0.2, 0.25) is 0 Å². The third kappa shape index (κ3) is 12.6. The maximum absolute atomic E-state index is 14.9. The second-order valence-electron chi connectivity index (χ2n) is 20.8. The number of piperidine rings is 1. The van der Waals surface area contributed by atoms with Gasteiger partial charge < -0.3 is 54.5 Å². The molecule has 23 heteroatoms. The van der Waals surface area contributed by atoms with Crippen LogP contribution in [0.3, 0.4) is 0 Å². The van der Waals surface area contributed by atoms with Gasteiger partial charge in [-0.1, -0.05) is 59.8 Å². The number of fused-ring (bicyclic) bond motifs is 1. The minimum atomic E-state index is -2.03. The molecule has 75 heavy (non-hydrogen) atoms. The summed E-state index contributed by atoms with van der Waals surface area (Å²) in [5, 5.41) is 42.1. The van der Waals surface area contributed by atoms with Gasteiger partial charge in [0.15, 0.2) is 28.2 Å². The number of hydrogen-bond acceptors (Lipinski definition) is 19. The van der Waals surface area contributed by atoms with Crippen LogP contribution in [0, 0.1) is 36.5 Å². The maximum atomic E-state index is 14.9. The Labute approximate surface area is 439 Å². The summed E-state index contributed by atoms with van der Waals surface area (Å²) in [5.41, 5.74) is -1.57. The Morgan fingerprint density at radius 2 is 1.61 bits per heavy atom. The molecule has 4 heterocycles. The Morgan fingerprint density at radius 3 is 2.23 bits per heavy atom. The molecule has 1 spiro atoms. The van der Waals surface area contributed by atoms with Crippen LogP contribution in [-0.2, 0) is 47.3 Å². The monoisotopic (exact) mass is 1080 g/mol. The summed E-state index contributed by atoms with van der Waals surface area (Å²) >= 11 is 0. The molecule has 4 bridgehead atoms. The first kappa shape index (κ1) is 58.6. The van der Waals surface area contributed by atoms with Crippen LogP contribution in [0.15, 0.2) is 46.1 Å². The number of carbonyl (C=O) groups excluding carboxylic acids is 5. The fourth-order valence-corrected chi connectivity index (χ4v) is 11.0. The van der Waals surface area contributed by atoms with Gasteiger partial charge in [0.05, 0.1) is 48.2 Å². The summed E-state index contributed by atoms with van der Waals surface area (Å²) in [4.78, 5) is 81.3. The van der Waals surface area contributed by atoms with Gasteiger partial charge in [0.2, 0.25) is 5.91 Å². The SMILES string of the molecule is CO[C@H]1/C=C/O[C@@]2(C)Oc3c(C)c(O)c4c(O)c(c5c(c4c3C2=O)NC2(CCN(CC(C)C)CC2)N=5)=NC(=O)/C(C)=C\C=C\[C@H](C)[C@H](OC(=O)CN(C)CC(=O)NC(P=O)P=O)[C@@H](C)[C@@H](O)[C@@H](C)[C@H](OC(C)=O)[C@@H]1C. The van der Waals surface area contributed by atoms with Crippen LogP contribution >= 0.6 is 16.9 Å². The summed E-state index contributed by atoms with van der Waals surface area (Å²) in [6.07, 6.45) is 4.22. The van der Waals surface area contributed by atoms with Gasteiger partial charge in [0, 0.05) is 93.6 Å². The van der Waals surface area contributed by atoms with Crippen molar-refractivity contribution < 1.29 is 72.1 Å². The lowest BCUT2D eigenvalue weighted by Gasteiger charge is -2.39. The van der Waals surface area contributed by atoms with E-state index in [4.69, 9.17) is 28.7 Å². The molecule has 2 amide bonds. The molecule has 0 radical (unpaired) electrons. The number of aliphatic hydroxyl groups is 1. The smallest absolute Gasteiger partial charge is 0.320 e. The van der Waals surface area contributed by atoms with Crippen molar-refractivity contribution in [3.8, 4) is 17.2 Å². The number of allylic oxidation sites excluding steroid dienone is 2. The number of rotatable bonds is 12. The van der Waals surface area contributed by atoms with Crippen molar-refractivity contribution in [3.63, 3.8) is 0 Å². The number of ketones is 1. The van der Waals surface area contributed by atoms with E-state index < -0.39 is 130 Å². The number of benzene rings is 2. The number of anilines is 1. The van der Waals surface area contributed by atoms with Crippen molar-refractivity contribution in [2.45, 2.75) is 123 Å². The molecule has 0 aromatic heterocycles. The number of phenols is 2. The number of likely N-dealkylation sites (tertiary alicyclic amines) is 1. The Kier molecular flexibility index (Phi) is 18.8. The number of phenolic OH excluding ortho intramolecular Hbond substituents is 2. The quantitative estimate of drug-likeness (QED) is 0.104. The molecule has 408 valence electrons. The van der Waals surface area contributed by atoms with Crippen LogP contribution in [0.4, 0.5) is 5.69 Å². The number of methoxy groups -OCH3 is 1. The largest absolute Gasteiger partial charge is 0.507 e. The van der Waals surface area contributed by atoms with Crippen LogP contribution in [0.5, 0.6) is 17.2 Å². The fraction of sp³-hybridized carbons (Fsp3) is 0.596. The van der Waals surface area contributed by atoms with Crippen molar-refractivity contribution >= 4 is 62.9 Å². The normalized spacial score (nSPS) is 29.2. The number of ether oxygens (including phenoxy) is 5. The van der Waals surface area contributed by atoms with Gasteiger partial charge in [-0.05, 0) is 32.9 Å². The third-order valence-corrected chi connectivity index (χ3v) is 15.7. The number of esters is 2. The molecule has 0 unspecified atom stereocenters. The highest BCUT2D eigenvalue weighted by atomic mass is 31.1. The van der Waals surface area contributed by atoms with Gasteiger partial charge in [-0.3, -0.25) is 43.0 Å². The highest BCUT2D eigenvalue weighted by Gasteiger charge is 2.51. The van der Waals surface area contributed by atoms with E-state index in [1.54, 1.807) is 39.8 Å². The first-order chi connectivity index (χ1) is 35.3. The van der Waals surface area contributed by atoms with Gasteiger partial charge in [-0.25, -0.2) is 4.99 Å². The van der Waals surface area contributed by atoms with Crippen molar-refractivity contribution in [2.24, 2.45) is 39.6 Å². The molecule has 5 N–H and O–H groups in total. The van der Waals surface area contributed by atoms with E-state index in [1.807, 2.05) is 0 Å². The van der Waals surface area contributed by atoms with Gasteiger partial charge in [0.25, 0.3) is 11.7 Å². The average Bonchev–Trinajstić information content (AvgIpc) is 3.85. The predicted octanol–water partition coefficient (Wildman–Crippen LogP) is 5.22. The Balaban J connectivity index is 1.49. The van der Waals surface area contributed by atoms with Crippen molar-refractivity contribution in [2.75, 3.05) is 52.2 Å². The van der Waals surface area contributed by atoms with E-state index in [2.05, 4.69) is 34.4 Å². The molecule has 2 aromatic carbocycles. The summed E-state index contributed by atoms with van der Waals surface area (Å²) in [6.45, 7) is 18.3. The molecule has 6 rings (SSSR count). The van der Waals surface area contributed by atoms with E-state index in [-0.39, 0.29) is 56.2 Å². The predicted molar refractivity (Wildman–Crippen MR) is 276 cm³/mol. The highest BCUT2D eigenvalue weighted by molar-refractivity contribution is 7.44. The minimum absolute atomic E-state index is 0.0101. The molecule has 9 atom stereocenters. The number of aromatic hydroxyl groups is 2. The van der Waals surface area contributed by atoms with Crippen molar-refractivity contribution in [1.29, 1.82) is 0 Å². The lowest BCUT2D eigenvalue weighted by Crippen LogP contribution is -2.48. The third-order valence-electron chi connectivity index (χ3n) is 14.4. The van der Waals surface area contributed by atoms with Gasteiger partial charge in [-0.2, -0.15) is 0 Å². The Bertz CT molecular complexity index is 2810. The maximum Gasteiger partial charge on any atom is 0.320 e. The van der Waals surface area contributed by atoms with E-state index in [0.29, 0.717) is 31.8 Å². The van der Waals surface area contributed by atoms with Gasteiger partial charge in [0.1, 0.15) is 40.1 Å². The van der Waals surface area contributed by atoms with Crippen LogP contribution in [-0.4, -0.2) is 143 Å². The molecular weight excluding hydrogens is 1010 g/mol. The Hall–Kier alpha value is -5.69. The van der Waals surface area contributed by atoms with Gasteiger partial charge in [-0.15, -0.1) is 0 Å². The summed E-state index contributed by atoms with van der Waals surface area (Å²) in [7, 11) is 1.77. The summed E-state index contributed by atoms with van der Waals surface area (Å²) in [6, 6.07) is 0. The molecule has 0 aliphatic carbocycles. The minimum Gasteiger partial charge on any atom is -0.507 e. The zero-order valence-corrected chi connectivity index (χ0v) is 46.3. The number of aliphatic hydroxyl groups excluding tert-OH is 1. The number of hydrogen-bond donors (Lipinski definition) is 5. The zero-order chi connectivity index (χ0) is 55.4. The van der Waals surface area contributed by atoms with Crippen molar-refractivity contribution in [3.05, 3.63) is 58.0 Å². The van der Waals surface area contributed by atoms with Crippen molar-refractivity contribution in [1.82, 2.24) is 15.1 Å². The number of carbonyl (C=O) groups is 5. The number of amides is 2. The Morgan fingerprint density at radius 1 is 0.960 bits per heavy atom. The van der Waals surface area contributed by atoms with Gasteiger partial charge >= 0.3 is 17.7 Å². The highest BCUT2D eigenvalue weighted by Crippen LogP contribution is 2.51. The lowest BCUT2D eigenvalue weighted by molar-refractivity contribution is -0.165. The van der Waals surface area contributed by atoms with Crippen LogP contribution in [0.25, 0.3) is 10.8 Å². The topological polar surface area (TPSA) is 282 Å². The molecule has 1 fully saturated rings. The second-order valence-corrected chi connectivity index (χ2v) is 22.6. The van der Waals surface area contributed by atoms with E-state index >= 15 is 0 Å². The van der Waals surface area contributed by atoms with E-state index in [9.17, 15) is 48.4 Å². The second kappa shape index (κ2) is 24.1. The number of nitrogens with zero attached hydrogens (tertiary/aromatic N) is 4. The fourth-order valence-electron chi connectivity index (χ4n) is 10.4. The zero-order valence-electron chi connectivity index (χ0n) is 44.5. The number of nitrogens with one attached hydrogen (secondary N) is 2. The first-order valence-corrected chi connectivity index (χ1v) is 26.8. The number of likely N-dealkylation sites (N-methyl/N-ethyl adjacent to an activating group) is 1. The lowest BCUT2D eigenvalue weighted by atomic mass is 9.78. The molecular formula is C52H70N6O15P2. The first-order valence-electron chi connectivity index (χ1n) is 25.0. The molecule has 4 aliphatic rings. The average molecular weight is 1080 g/mol. The van der Waals surface area contributed by atoms with E-state index in [0.717, 1.165) is 6.54 Å². The molecule has 1 saturated heterocycles. The molecule has 0 saturated carbocycles. The summed E-state index contributed by atoms with van der Waals surface area (Å²) in [5.74, 6) is -9.14. The molecule has 21 nitrogen and oxygen atoms in total. The summed E-state index contributed by atoms with van der Waals surface area (Å²) < 4.78 is 52.8. The number of Topliss-reactive ketones (excluding diaryl/α,β-unsaturated/α-hetero) is 1. The molecule has 4 aliphatic heterocycles. The van der Waals surface area contributed by atoms with E-state index in [1.165, 1.54) is 65.2 Å².